The fraction of sp³-hybridized carbons (Fsp3) is 0.439. The number of fused-ring (bicyclic) bond motifs is 4. The Hall–Kier alpha value is -2.79. The summed E-state index contributed by atoms with van der Waals surface area (Å²) in [5, 5.41) is 1.21. The summed E-state index contributed by atoms with van der Waals surface area (Å²) in [7, 11) is 0. The van der Waals surface area contributed by atoms with Crippen molar-refractivity contribution < 1.29 is 26.2 Å². The number of quaternary nitrogens is 1. The zero-order valence-electron chi connectivity index (χ0n) is 28.1. The van der Waals surface area contributed by atoms with Crippen LogP contribution in [0.5, 0.6) is 0 Å². The van der Waals surface area contributed by atoms with Gasteiger partial charge >= 0.3 is 0 Å². The van der Waals surface area contributed by atoms with Crippen LogP contribution in [0, 0.1) is 11.8 Å². The van der Waals surface area contributed by atoms with Crippen LogP contribution in [0.3, 0.4) is 0 Å². The van der Waals surface area contributed by atoms with Crippen molar-refractivity contribution in [3.63, 3.8) is 0 Å². The fourth-order valence-corrected chi connectivity index (χ4v) is 7.90. The molecule has 4 aromatic rings. The summed E-state index contributed by atoms with van der Waals surface area (Å²) in [5.74, 6) is 1.21. The van der Waals surface area contributed by atoms with Crippen LogP contribution in [-0.4, -0.2) is 28.6 Å². The van der Waals surface area contributed by atoms with Crippen LogP contribution in [-0.2, 0) is 28.7 Å². The minimum Gasteiger partial charge on any atom is -1.00 e. The largest absolute Gasteiger partial charge is 1.00 e. The van der Waals surface area contributed by atoms with E-state index >= 15 is 0 Å². The van der Waals surface area contributed by atoms with Gasteiger partial charge in [-0.1, -0.05) is 114 Å². The molecule has 0 aliphatic carbocycles. The lowest BCUT2D eigenvalue weighted by Crippen LogP contribution is -3.00. The van der Waals surface area contributed by atoms with E-state index in [1.165, 1.54) is 46.2 Å². The first-order valence-corrected chi connectivity index (χ1v) is 16.6. The molecule has 5 atom stereocenters. The summed E-state index contributed by atoms with van der Waals surface area (Å²) >= 11 is 0. The zero-order valence-corrected chi connectivity index (χ0v) is 29.7. The molecule has 0 spiro atoms. The Morgan fingerprint density at radius 3 is 2.11 bits per heavy atom. The number of pyridine rings is 1. The van der Waals surface area contributed by atoms with E-state index in [-0.39, 0.29) is 33.9 Å². The highest BCUT2D eigenvalue weighted by Gasteiger charge is 2.54. The molecule has 1 unspecified atom stereocenters. The average Bonchev–Trinajstić information content (AvgIpc) is 3.01. The SMILES string of the molecule is C=C[C@H]1C[N+]2(Cc3ccc(C(C)(C)C)cc3)CC[C@H]1C[C@H]2[C@H](OCc1ccc(C(C)(C)C)cc1)c1ccnc2ccccc12.[Br-]. The Morgan fingerprint density at radius 2 is 1.49 bits per heavy atom. The number of ether oxygens (including phenoxy) is 1. The lowest BCUT2D eigenvalue weighted by Gasteiger charge is -2.58. The van der Waals surface area contributed by atoms with E-state index in [0.717, 1.165) is 29.5 Å². The maximum Gasteiger partial charge on any atom is 0.135 e. The second-order valence-electron chi connectivity index (χ2n) is 15.6. The summed E-state index contributed by atoms with van der Waals surface area (Å²) in [4.78, 5) is 4.73. The third kappa shape index (κ3) is 6.99. The summed E-state index contributed by atoms with van der Waals surface area (Å²) in [6, 6.07) is 29.6. The first-order chi connectivity index (χ1) is 21.0. The van der Waals surface area contributed by atoms with E-state index in [1.54, 1.807) is 0 Å². The molecule has 0 amide bonds. The Balaban J connectivity index is 0.00000400. The van der Waals surface area contributed by atoms with Crippen LogP contribution in [0.4, 0.5) is 0 Å². The summed E-state index contributed by atoms with van der Waals surface area (Å²) in [6.07, 6.45) is 6.59. The van der Waals surface area contributed by atoms with E-state index in [4.69, 9.17) is 9.72 Å². The van der Waals surface area contributed by atoms with Gasteiger partial charge in [-0.25, -0.2) is 0 Å². The molecule has 3 aromatic carbocycles. The van der Waals surface area contributed by atoms with Crippen molar-refractivity contribution in [3.8, 4) is 0 Å². The molecule has 2 bridgehead atoms. The number of nitrogens with zero attached hydrogens (tertiary/aromatic N) is 2. The summed E-state index contributed by atoms with van der Waals surface area (Å²) < 4.78 is 8.21. The van der Waals surface area contributed by atoms with Gasteiger partial charge in [0.1, 0.15) is 18.7 Å². The molecule has 1 aromatic heterocycles. The molecule has 0 saturated carbocycles. The molecular formula is C41H51BrN2O. The van der Waals surface area contributed by atoms with Gasteiger partial charge in [0.15, 0.2) is 0 Å². The highest BCUT2D eigenvalue weighted by atomic mass is 79.9. The number of para-hydroxylation sites is 1. The van der Waals surface area contributed by atoms with Crippen molar-refractivity contribution in [2.75, 3.05) is 13.1 Å². The van der Waals surface area contributed by atoms with Crippen molar-refractivity contribution in [2.45, 2.75) is 90.5 Å². The van der Waals surface area contributed by atoms with Gasteiger partial charge in [0.2, 0.25) is 0 Å². The van der Waals surface area contributed by atoms with Gasteiger partial charge in [0, 0.05) is 35.9 Å². The molecule has 238 valence electrons. The number of hydrogen-bond donors (Lipinski definition) is 0. The molecule has 3 fully saturated rings. The molecule has 0 N–H and O–H groups in total. The molecule has 7 rings (SSSR count). The smallest absolute Gasteiger partial charge is 0.135 e. The quantitative estimate of drug-likeness (QED) is 0.154. The zero-order chi connectivity index (χ0) is 31.1. The molecule has 3 nitrogen and oxygen atoms in total. The predicted octanol–water partition coefficient (Wildman–Crippen LogP) is 6.70. The molecule has 0 radical (unpaired) electrons. The molecule has 3 aliphatic rings. The first kappa shape index (κ1) is 33.6. The highest BCUT2D eigenvalue weighted by Crippen LogP contribution is 2.49. The van der Waals surface area contributed by atoms with Crippen molar-refractivity contribution >= 4 is 10.9 Å². The Labute approximate surface area is 282 Å². The van der Waals surface area contributed by atoms with Crippen molar-refractivity contribution in [1.29, 1.82) is 0 Å². The maximum absolute atomic E-state index is 7.17. The maximum atomic E-state index is 7.17. The molecule has 4 heteroatoms. The van der Waals surface area contributed by atoms with Crippen LogP contribution in [0.15, 0.2) is 97.7 Å². The highest BCUT2D eigenvalue weighted by molar-refractivity contribution is 5.82. The summed E-state index contributed by atoms with van der Waals surface area (Å²) in [5.41, 5.74) is 7.99. The molecular weight excluding hydrogens is 616 g/mol. The monoisotopic (exact) mass is 666 g/mol. The van der Waals surface area contributed by atoms with Crippen LogP contribution < -0.4 is 17.0 Å². The fourth-order valence-electron chi connectivity index (χ4n) is 7.90. The first-order valence-electron chi connectivity index (χ1n) is 16.6. The van der Waals surface area contributed by atoms with Gasteiger partial charge in [0.05, 0.1) is 25.2 Å². The Morgan fingerprint density at radius 1 is 0.867 bits per heavy atom. The molecule has 3 saturated heterocycles. The van der Waals surface area contributed by atoms with Crippen LogP contribution in [0.2, 0.25) is 0 Å². The second-order valence-corrected chi connectivity index (χ2v) is 15.6. The third-order valence-electron chi connectivity index (χ3n) is 10.6. The van der Waals surface area contributed by atoms with Crippen molar-refractivity contribution in [2.24, 2.45) is 11.8 Å². The number of aromatic nitrogens is 1. The van der Waals surface area contributed by atoms with Crippen molar-refractivity contribution in [1.82, 2.24) is 4.98 Å². The van der Waals surface area contributed by atoms with Gasteiger partial charge in [0.25, 0.3) is 0 Å². The minimum atomic E-state index is -0.0346. The van der Waals surface area contributed by atoms with Crippen LogP contribution >= 0.6 is 0 Å². The number of piperidine rings is 3. The minimum absolute atomic E-state index is 0. The topological polar surface area (TPSA) is 22.1 Å². The predicted molar refractivity (Wildman–Crippen MR) is 183 cm³/mol. The second kappa shape index (κ2) is 13.1. The molecule has 45 heavy (non-hydrogen) atoms. The number of halogens is 1. The lowest BCUT2D eigenvalue weighted by molar-refractivity contribution is -0.985. The van der Waals surface area contributed by atoms with Gasteiger partial charge in [-0.2, -0.15) is 0 Å². The summed E-state index contributed by atoms with van der Waals surface area (Å²) in [6.45, 7) is 21.9. The third-order valence-corrected chi connectivity index (χ3v) is 10.6. The van der Waals surface area contributed by atoms with E-state index in [1.807, 2.05) is 6.20 Å². The number of rotatable bonds is 8. The Kier molecular flexibility index (Phi) is 9.80. The average molecular weight is 668 g/mol. The van der Waals surface area contributed by atoms with E-state index in [0.29, 0.717) is 24.5 Å². The molecule has 4 heterocycles. The van der Waals surface area contributed by atoms with Crippen molar-refractivity contribution in [3.05, 3.63) is 126 Å². The van der Waals surface area contributed by atoms with E-state index in [9.17, 15) is 0 Å². The standard InChI is InChI=1S/C41H51N2O.BrH/c1-8-31-27-43(26-29-13-17-33(18-14-29)40(2,3)4)24-22-32(31)25-38(43)39(36-21-23-42-37-12-10-9-11-35(36)37)44-28-30-15-19-34(20-16-30)41(5,6)7;/h8-21,23,31-32,38-39H,1,22,24-28H2,2-7H3;1H/q+1;/p-1/t31-,32-,38-,39+,43?;/m0./s1. The number of hydrogen-bond acceptors (Lipinski definition) is 2. The number of benzene rings is 3. The van der Waals surface area contributed by atoms with Crippen LogP contribution in [0.1, 0.15) is 88.3 Å². The van der Waals surface area contributed by atoms with E-state index in [2.05, 4.69) is 133 Å². The van der Waals surface area contributed by atoms with Gasteiger partial charge in [-0.05, 0) is 51.1 Å². The van der Waals surface area contributed by atoms with Crippen LogP contribution in [0.25, 0.3) is 10.9 Å². The molecule has 3 aliphatic heterocycles. The van der Waals surface area contributed by atoms with Gasteiger partial charge in [-0.15, -0.1) is 6.58 Å². The van der Waals surface area contributed by atoms with Gasteiger partial charge in [-0.3, -0.25) is 4.98 Å². The van der Waals surface area contributed by atoms with Gasteiger partial charge < -0.3 is 26.2 Å². The lowest BCUT2D eigenvalue weighted by atomic mass is 9.71. The van der Waals surface area contributed by atoms with E-state index < -0.39 is 0 Å². The normalized spacial score (nSPS) is 23.8. The Bertz CT molecular complexity index is 1590.